The molecule has 0 fully saturated rings. The topological polar surface area (TPSA) is 62.1 Å². The summed E-state index contributed by atoms with van der Waals surface area (Å²) in [5.74, 6) is -0.0730. The molecule has 0 atom stereocenters. The lowest BCUT2D eigenvalue weighted by Gasteiger charge is -2.12. The summed E-state index contributed by atoms with van der Waals surface area (Å²) in [6.45, 7) is 0.317. The van der Waals surface area contributed by atoms with E-state index in [9.17, 15) is 10.1 Å². The SMILES string of the molecule is N#C/C(=C\c1cc(Cl)ccc1OCc1cccc2ccccc12)C(=O)Nc1ccccc1Cl. The van der Waals surface area contributed by atoms with Gasteiger partial charge in [0.15, 0.2) is 0 Å². The molecule has 0 aliphatic carbocycles. The Balaban J connectivity index is 1.60. The third kappa shape index (κ3) is 5.35. The van der Waals surface area contributed by atoms with Crippen molar-refractivity contribution in [2.24, 2.45) is 0 Å². The van der Waals surface area contributed by atoms with Crippen LogP contribution < -0.4 is 10.1 Å². The van der Waals surface area contributed by atoms with Gasteiger partial charge >= 0.3 is 0 Å². The number of benzene rings is 4. The molecule has 0 aromatic heterocycles. The summed E-state index contributed by atoms with van der Waals surface area (Å²) < 4.78 is 6.08. The van der Waals surface area contributed by atoms with E-state index in [2.05, 4.69) is 5.32 Å². The van der Waals surface area contributed by atoms with Gasteiger partial charge in [-0.05, 0) is 52.7 Å². The molecule has 1 amide bonds. The summed E-state index contributed by atoms with van der Waals surface area (Å²) in [5.41, 5.74) is 1.86. The first-order valence-corrected chi connectivity index (χ1v) is 10.9. The third-order valence-electron chi connectivity index (χ3n) is 5.02. The van der Waals surface area contributed by atoms with Gasteiger partial charge in [0, 0.05) is 10.6 Å². The van der Waals surface area contributed by atoms with E-state index in [0.29, 0.717) is 33.7 Å². The van der Waals surface area contributed by atoms with Gasteiger partial charge in [0.1, 0.15) is 24.0 Å². The quantitative estimate of drug-likeness (QED) is 0.237. The van der Waals surface area contributed by atoms with Crippen LogP contribution in [0.2, 0.25) is 10.0 Å². The summed E-state index contributed by atoms with van der Waals surface area (Å²) in [6.07, 6.45) is 1.45. The number of carbonyl (C=O) groups is 1. The maximum atomic E-state index is 12.7. The molecule has 4 nitrogen and oxygen atoms in total. The molecule has 0 saturated carbocycles. The first-order valence-electron chi connectivity index (χ1n) is 10.1. The molecule has 4 aromatic rings. The number of hydrogen-bond acceptors (Lipinski definition) is 3. The van der Waals surface area contributed by atoms with E-state index in [4.69, 9.17) is 27.9 Å². The number of nitrogens with zero attached hydrogens (tertiary/aromatic N) is 1. The number of hydrogen-bond donors (Lipinski definition) is 1. The lowest BCUT2D eigenvalue weighted by molar-refractivity contribution is -0.112. The second-order valence-corrected chi connectivity index (χ2v) is 8.06. The lowest BCUT2D eigenvalue weighted by atomic mass is 10.1. The molecule has 0 heterocycles. The Morgan fingerprint density at radius 2 is 1.73 bits per heavy atom. The number of rotatable bonds is 6. The molecule has 0 unspecified atom stereocenters. The first-order chi connectivity index (χ1) is 16.0. The monoisotopic (exact) mass is 472 g/mol. The maximum absolute atomic E-state index is 12.7. The van der Waals surface area contributed by atoms with Crippen molar-refractivity contribution < 1.29 is 9.53 Å². The third-order valence-corrected chi connectivity index (χ3v) is 5.59. The molecule has 0 aliphatic rings. The number of para-hydroxylation sites is 1. The van der Waals surface area contributed by atoms with Gasteiger partial charge in [-0.25, -0.2) is 0 Å². The smallest absolute Gasteiger partial charge is 0.266 e. The number of anilines is 1. The maximum Gasteiger partial charge on any atom is 0.266 e. The largest absolute Gasteiger partial charge is 0.488 e. The van der Waals surface area contributed by atoms with Crippen molar-refractivity contribution >= 4 is 51.6 Å². The van der Waals surface area contributed by atoms with E-state index in [-0.39, 0.29) is 5.57 Å². The Morgan fingerprint density at radius 1 is 0.970 bits per heavy atom. The highest BCUT2D eigenvalue weighted by atomic mass is 35.5. The first kappa shape index (κ1) is 22.4. The van der Waals surface area contributed by atoms with Gasteiger partial charge in [-0.3, -0.25) is 4.79 Å². The fraction of sp³-hybridized carbons (Fsp3) is 0.0370. The van der Waals surface area contributed by atoms with E-state index < -0.39 is 5.91 Å². The zero-order valence-corrected chi connectivity index (χ0v) is 18.9. The highest BCUT2D eigenvalue weighted by molar-refractivity contribution is 6.34. The van der Waals surface area contributed by atoms with Crippen LogP contribution in [0.1, 0.15) is 11.1 Å². The summed E-state index contributed by atoms with van der Waals surface area (Å²) in [7, 11) is 0. The second-order valence-electron chi connectivity index (χ2n) is 7.21. The molecule has 1 N–H and O–H groups in total. The molecule has 4 aromatic carbocycles. The molecule has 0 bridgehead atoms. The zero-order valence-electron chi connectivity index (χ0n) is 17.4. The summed E-state index contributed by atoms with van der Waals surface area (Å²) in [6, 6.07) is 27.9. The van der Waals surface area contributed by atoms with Crippen molar-refractivity contribution in [1.82, 2.24) is 0 Å². The number of carbonyl (C=O) groups excluding carboxylic acids is 1. The number of fused-ring (bicyclic) bond motifs is 1. The number of nitriles is 1. The van der Waals surface area contributed by atoms with E-state index in [1.165, 1.54) is 6.08 Å². The molecular formula is C27H18Cl2N2O2. The summed E-state index contributed by atoms with van der Waals surface area (Å²) in [4.78, 5) is 12.7. The van der Waals surface area contributed by atoms with Crippen molar-refractivity contribution in [3.8, 4) is 11.8 Å². The van der Waals surface area contributed by atoms with Crippen molar-refractivity contribution in [3.05, 3.63) is 112 Å². The van der Waals surface area contributed by atoms with Crippen LogP contribution in [0.3, 0.4) is 0 Å². The van der Waals surface area contributed by atoms with Crippen LogP contribution in [0.4, 0.5) is 5.69 Å². The van der Waals surface area contributed by atoms with E-state index in [1.54, 1.807) is 42.5 Å². The molecule has 162 valence electrons. The number of halogens is 2. The highest BCUT2D eigenvalue weighted by Crippen LogP contribution is 2.28. The number of nitrogens with one attached hydrogen (secondary N) is 1. The Bertz CT molecular complexity index is 1400. The molecular weight excluding hydrogens is 455 g/mol. The number of amides is 1. The molecule has 0 saturated heterocycles. The summed E-state index contributed by atoms with van der Waals surface area (Å²) >= 11 is 12.3. The standard InChI is InChI=1S/C27H18Cl2N2O2/c28-22-12-13-26(33-17-19-8-5-7-18-6-1-2-9-23(18)19)20(15-22)14-21(16-30)27(32)31-25-11-4-3-10-24(25)29/h1-15H,17H2,(H,31,32)/b21-14+. The molecule has 6 heteroatoms. The van der Waals surface area contributed by atoms with Gasteiger partial charge in [-0.15, -0.1) is 0 Å². The van der Waals surface area contributed by atoms with Crippen LogP contribution in [0.25, 0.3) is 16.8 Å². The fourth-order valence-electron chi connectivity index (χ4n) is 3.39. The van der Waals surface area contributed by atoms with Crippen LogP contribution in [0, 0.1) is 11.3 Å². The predicted molar refractivity (Wildman–Crippen MR) is 133 cm³/mol. The van der Waals surface area contributed by atoms with Crippen LogP contribution in [-0.4, -0.2) is 5.91 Å². The minimum atomic E-state index is -0.578. The zero-order chi connectivity index (χ0) is 23.2. The average molecular weight is 473 g/mol. The van der Waals surface area contributed by atoms with Gasteiger partial charge in [0.2, 0.25) is 0 Å². The van der Waals surface area contributed by atoms with Gasteiger partial charge in [-0.2, -0.15) is 5.26 Å². The van der Waals surface area contributed by atoms with Gasteiger partial charge < -0.3 is 10.1 Å². The van der Waals surface area contributed by atoms with Crippen molar-refractivity contribution in [2.75, 3.05) is 5.32 Å². The molecule has 0 spiro atoms. The Kier molecular flexibility index (Phi) is 6.95. The van der Waals surface area contributed by atoms with Gasteiger partial charge in [0.05, 0.1) is 10.7 Å². The van der Waals surface area contributed by atoms with Crippen LogP contribution in [0.5, 0.6) is 5.75 Å². The highest BCUT2D eigenvalue weighted by Gasteiger charge is 2.13. The fourth-order valence-corrected chi connectivity index (χ4v) is 3.76. The average Bonchev–Trinajstić information content (AvgIpc) is 2.83. The van der Waals surface area contributed by atoms with Crippen molar-refractivity contribution in [2.45, 2.75) is 6.61 Å². The Hall–Kier alpha value is -3.78. The van der Waals surface area contributed by atoms with Crippen molar-refractivity contribution in [3.63, 3.8) is 0 Å². The van der Waals surface area contributed by atoms with Crippen LogP contribution in [-0.2, 0) is 11.4 Å². The second kappa shape index (κ2) is 10.2. The van der Waals surface area contributed by atoms with E-state index >= 15 is 0 Å². The minimum Gasteiger partial charge on any atom is -0.488 e. The molecule has 4 rings (SSSR count). The summed E-state index contributed by atoms with van der Waals surface area (Å²) in [5, 5.41) is 15.3. The number of ether oxygens (including phenoxy) is 1. The van der Waals surface area contributed by atoms with Crippen LogP contribution >= 0.6 is 23.2 Å². The Labute approximate surface area is 201 Å². The van der Waals surface area contributed by atoms with E-state index in [1.807, 2.05) is 48.5 Å². The molecule has 0 aliphatic heterocycles. The Morgan fingerprint density at radius 3 is 2.55 bits per heavy atom. The van der Waals surface area contributed by atoms with E-state index in [0.717, 1.165) is 16.3 Å². The van der Waals surface area contributed by atoms with Crippen molar-refractivity contribution in [1.29, 1.82) is 5.26 Å². The normalized spacial score (nSPS) is 11.1. The van der Waals surface area contributed by atoms with Gasteiger partial charge in [-0.1, -0.05) is 77.8 Å². The predicted octanol–water partition coefficient (Wildman–Crippen LogP) is 7.27. The molecule has 33 heavy (non-hydrogen) atoms. The molecule has 0 radical (unpaired) electrons. The van der Waals surface area contributed by atoms with Crippen LogP contribution in [0.15, 0.2) is 90.5 Å². The minimum absolute atomic E-state index is 0.104. The lowest BCUT2D eigenvalue weighted by Crippen LogP contribution is -2.13. The van der Waals surface area contributed by atoms with Gasteiger partial charge in [0.25, 0.3) is 5.91 Å².